The zero-order valence-electron chi connectivity index (χ0n) is 9.39. The van der Waals surface area contributed by atoms with Gasteiger partial charge in [-0.1, -0.05) is 23.2 Å². The third-order valence-electron chi connectivity index (χ3n) is 2.76. The number of benzene rings is 1. The number of nitrogens with zero attached hydrogens (tertiary/aromatic N) is 2. The molecule has 0 saturated carbocycles. The van der Waals surface area contributed by atoms with Crippen LogP contribution in [0.25, 0.3) is 0 Å². The molecule has 0 atom stereocenters. The van der Waals surface area contributed by atoms with Crippen LogP contribution in [0.1, 0.15) is 16.6 Å². The molecule has 6 nitrogen and oxygen atoms in total. The van der Waals surface area contributed by atoms with Crippen LogP contribution < -0.4 is 10.6 Å². The van der Waals surface area contributed by atoms with E-state index in [0.717, 1.165) is 11.4 Å². The number of carbonyl (C=O) groups is 1. The summed E-state index contributed by atoms with van der Waals surface area (Å²) in [6.45, 7) is 0. The van der Waals surface area contributed by atoms with E-state index in [4.69, 9.17) is 28.3 Å². The summed E-state index contributed by atoms with van der Waals surface area (Å²) in [4.78, 5) is 10.8. The van der Waals surface area contributed by atoms with E-state index in [-0.39, 0.29) is 11.9 Å². The van der Waals surface area contributed by atoms with Gasteiger partial charge in [-0.2, -0.15) is 5.10 Å². The fourth-order valence-electron chi connectivity index (χ4n) is 1.84. The average Bonchev–Trinajstić information content (AvgIpc) is 2.95. The first-order chi connectivity index (χ1) is 9.04. The van der Waals surface area contributed by atoms with E-state index in [1.165, 1.54) is 17.1 Å². The first-order valence-corrected chi connectivity index (χ1v) is 6.10. The highest BCUT2D eigenvalue weighted by Gasteiger charge is 2.23. The molecule has 0 amide bonds. The molecule has 0 bridgehead atoms. The van der Waals surface area contributed by atoms with Crippen molar-refractivity contribution in [3.63, 3.8) is 0 Å². The Morgan fingerprint density at radius 3 is 2.32 bits per heavy atom. The van der Waals surface area contributed by atoms with Crippen LogP contribution in [0.5, 0.6) is 0 Å². The lowest BCUT2D eigenvalue weighted by Gasteiger charge is -2.12. The molecule has 8 heteroatoms. The summed E-state index contributed by atoms with van der Waals surface area (Å²) >= 11 is 11.9. The maximum atomic E-state index is 10.8. The van der Waals surface area contributed by atoms with E-state index in [0.29, 0.717) is 10.0 Å². The number of hydrogen-bond acceptors (Lipinski definition) is 4. The Kier molecular flexibility index (Phi) is 2.76. The van der Waals surface area contributed by atoms with Crippen LogP contribution in [0.2, 0.25) is 10.0 Å². The summed E-state index contributed by atoms with van der Waals surface area (Å²) in [6.07, 6.45) is 2.34. The minimum Gasteiger partial charge on any atom is -0.478 e. The molecule has 1 aliphatic rings. The predicted molar refractivity (Wildman–Crippen MR) is 71.9 cm³/mol. The zero-order valence-corrected chi connectivity index (χ0v) is 10.9. The molecule has 19 heavy (non-hydrogen) atoms. The summed E-state index contributed by atoms with van der Waals surface area (Å²) in [6, 6.07) is 3.40. The summed E-state index contributed by atoms with van der Waals surface area (Å²) in [7, 11) is 0. The van der Waals surface area contributed by atoms with Crippen LogP contribution in [0.3, 0.4) is 0 Å². The molecular weight excluding hydrogens is 291 g/mol. The number of carboxylic acids is 1. The van der Waals surface area contributed by atoms with Crippen molar-refractivity contribution in [3.05, 3.63) is 40.1 Å². The molecule has 1 aromatic heterocycles. The van der Waals surface area contributed by atoms with Crippen LogP contribution in [0.4, 0.5) is 11.4 Å². The quantitative estimate of drug-likeness (QED) is 0.794. The molecule has 3 rings (SSSR count). The number of rotatable bonds is 2. The first kappa shape index (κ1) is 12.1. The molecule has 1 aromatic carbocycles. The molecule has 2 aromatic rings. The highest BCUT2D eigenvalue weighted by Crippen LogP contribution is 2.38. The highest BCUT2D eigenvalue weighted by molar-refractivity contribution is 6.42. The standard InChI is InChI=1S/C11H8Cl2N4O2/c12-6-1-8-9(2-7(6)13)16-11(15-8)17-4-5(3-14-17)10(18)19/h1-4,11,15-16H,(H,18,19). The van der Waals surface area contributed by atoms with E-state index >= 15 is 0 Å². The largest absolute Gasteiger partial charge is 0.478 e. The van der Waals surface area contributed by atoms with Gasteiger partial charge in [-0.3, -0.25) is 0 Å². The van der Waals surface area contributed by atoms with Crippen molar-refractivity contribution >= 4 is 40.5 Å². The molecule has 0 saturated heterocycles. The minimum absolute atomic E-state index is 0.121. The van der Waals surface area contributed by atoms with Crippen molar-refractivity contribution in [1.82, 2.24) is 9.78 Å². The smallest absolute Gasteiger partial charge is 0.338 e. The lowest BCUT2D eigenvalue weighted by Crippen LogP contribution is -2.20. The second-order valence-corrected chi connectivity index (χ2v) is 4.83. The minimum atomic E-state index is -1.02. The van der Waals surface area contributed by atoms with Gasteiger partial charge >= 0.3 is 5.97 Å². The predicted octanol–water partition coefficient (Wildman–Crippen LogP) is 2.88. The van der Waals surface area contributed by atoms with E-state index in [1.54, 1.807) is 12.1 Å². The van der Waals surface area contributed by atoms with Crippen LogP contribution in [-0.2, 0) is 0 Å². The van der Waals surface area contributed by atoms with Crippen molar-refractivity contribution in [2.75, 3.05) is 10.6 Å². The van der Waals surface area contributed by atoms with E-state index in [2.05, 4.69) is 15.7 Å². The molecule has 0 aliphatic carbocycles. The Morgan fingerprint density at radius 2 is 1.84 bits per heavy atom. The van der Waals surface area contributed by atoms with Gasteiger partial charge in [0.15, 0.2) is 6.29 Å². The molecule has 1 aliphatic heterocycles. The lowest BCUT2D eigenvalue weighted by molar-refractivity contribution is 0.0697. The molecular formula is C11H8Cl2N4O2. The van der Waals surface area contributed by atoms with Gasteiger partial charge in [0.1, 0.15) is 0 Å². The number of nitrogens with one attached hydrogen (secondary N) is 2. The number of halogens is 2. The Bertz CT molecular complexity index is 640. The number of aromatic nitrogens is 2. The molecule has 0 unspecified atom stereocenters. The van der Waals surface area contributed by atoms with E-state index in [9.17, 15) is 4.79 Å². The Morgan fingerprint density at radius 1 is 1.26 bits per heavy atom. The van der Waals surface area contributed by atoms with Gasteiger partial charge in [-0.15, -0.1) is 0 Å². The van der Waals surface area contributed by atoms with Crippen molar-refractivity contribution in [1.29, 1.82) is 0 Å². The van der Waals surface area contributed by atoms with E-state index in [1.807, 2.05) is 0 Å². The molecule has 98 valence electrons. The number of fused-ring (bicyclic) bond motifs is 1. The third-order valence-corrected chi connectivity index (χ3v) is 3.48. The zero-order chi connectivity index (χ0) is 13.6. The van der Waals surface area contributed by atoms with Gasteiger partial charge in [0, 0.05) is 6.20 Å². The maximum absolute atomic E-state index is 10.8. The summed E-state index contributed by atoms with van der Waals surface area (Å²) in [5.74, 6) is -1.02. The second-order valence-electron chi connectivity index (χ2n) is 4.02. The fourth-order valence-corrected chi connectivity index (χ4v) is 2.17. The van der Waals surface area contributed by atoms with Crippen LogP contribution in [0.15, 0.2) is 24.5 Å². The summed E-state index contributed by atoms with van der Waals surface area (Å²) < 4.78 is 1.48. The van der Waals surface area contributed by atoms with Gasteiger partial charge in [0.2, 0.25) is 0 Å². The second kappa shape index (κ2) is 4.32. The molecule has 0 fully saturated rings. The van der Waals surface area contributed by atoms with Gasteiger partial charge in [0.25, 0.3) is 0 Å². The fraction of sp³-hybridized carbons (Fsp3) is 0.0909. The summed E-state index contributed by atoms with van der Waals surface area (Å²) in [5.41, 5.74) is 1.69. The third kappa shape index (κ3) is 2.09. The normalized spacial score (nSPS) is 13.8. The summed E-state index contributed by atoms with van der Waals surface area (Å²) in [5, 5.41) is 20.0. The van der Waals surface area contributed by atoms with Gasteiger partial charge in [-0.05, 0) is 12.1 Å². The number of hydrogen-bond donors (Lipinski definition) is 3. The monoisotopic (exact) mass is 298 g/mol. The Balaban J connectivity index is 1.88. The number of carboxylic acid groups (broad SMARTS) is 1. The van der Waals surface area contributed by atoms with Crippen molar-refractivity contribution < 1.29 is 9.90 Å². The van der Waals surface area contributed by atoms with Crippen molar-refractivity contribution in [2.45, 2.75) is 6.29 Å². The van der Waals surface area contributed by atoms with Crippen LogP contribution in [-0.4, -0.2) is 20.9 Å². The average molecular weight is 299 g/mol. The van der Waals surface area contributed by atoms with Crippen molar-refractivity contribution in [3.8, 4) is 0 Å². The van der Waals surface area contributed by atoms with Gasteiger partial charge in [0.05, 0.1) is 33.2 Å². The molecule has 2 heterocycles. The molecule has 3 N–H and O–H groups in total. The number of anilines is 2. The maximum Gasteiger partial charge on any atom is 0.338 e. The van der Waals surface area contributed by atoms with Gasteiger partial charge in [-0.25, -0.2) is 9.48 Å². The Labute approximate surface area is 117 Å². The van der Waals surface area contributed by atoms with Gasteiger partial charge < -0.3 is 15.7 Å². The Hall–Kier alpha value is -1.92. The van der Waals surface area contributed by atoms with Crippen molar-refractivity contribution in [2.24, 2.45) is 0 Å². The van der Waals surface area contributed by atoms with Crippen LogP contribution >= 0.6 is 23.2 Å². The molecule has 0 radical (unpaired) electrons. The van der Waals surface area contributed by atoms with E-state index < -0.39 is 5.97 Å². The molecule has 0 spiro atoms. The van der Waals surface area contributed by atoms with Crippen LogP contribution in [0, 0.1) is 0 Å². The highest BCUT2D eigenvalue weighted by atomic mass is 35.5. The lowest BCUT2D eigenvalue weighted by atomic mass is 10.3. The SMILES string of the molecule is O=C(O)c1cnn(C2Nc3cc(Cl)c(Cl)cc3N2)c1. The number of aromatic carboxylic acids is 1. The first-order valence-electron chi connectivity index (χ1n) is 5.34. The topological polar surface area (TPSA) is 79.2 Å².